The van der Waals surface area contributed by atoms with Crippen LogP contribution in [0, 0.1) is 0 Å². The highest BCUT2D eigenvalue weighted by Gasteiger charge is 2.25. The Balaban J connectivity index is 1.83. The van der Waals surface area contributed by atoms with Crippen molar-refractivity contribution in [3.8, 4) is 0 Å². The summed E-state index contributed by atoms with van der Waals surface area (Å²) in [6.07, 6.45) is 7.15. The number of carbonyl (C=O) groups excluding carboxylic acids is 1. The van der Waals surface area contributed by atoms with Crippen molar-refractivity contribution in [3.05, 3.63) is 34.9 Å². The van der Waals surface area contributed by atoms with Gasteiger partial charge in [-0.2, -0.15) is 0 Å². The van der Waals surface area contributed by atoms with Crippen LogP contribution in [0.3, 0.4) is 0 Å². The van der Waals surface area contributed by atoms with Gasteiger partial charge in [-0.1, -0.05) is 31.4 Å². The summed E-state index contributed by atoms with van der Waals surface area (Å²) in [5.74, 6) is 0.218. The zero-order chi connectivity index (χ0) is 13.9. The number of fused-ring (bicyclic) bond motifs is 1. The van der Waals surface area contributed by atoms with Crippen LogP contribution >= 0.6 is 0 Å². The second kappa shape index (κ2) is 5.96. The lowest BCUT2D eigenvalue weighted by Crippen LogP contribution is -2.39. The molecule has 0 unspecified atom stereocenters. The molecule has 0 bridgehead atoms. The molecule has 1 aliphatic carbocycles. The maximum Gasteiger partial charge on any atom is 0.254 e. The summed E-state index contributed by atoms with van der Waals surface area (Å²) in [4.78, 5) is 14.8. The predicted octanol–water partition coefficient (Wildman–Crippen LogP) is 2.74. The standard InChI is InChI=1S/C17H24N2O/c1-19(14-7-3-2-4-8-14)17(20)16-9-5-6-13-12-18-11-10-15(13)16/h5-6,9,14,18H,2-4,7-8,10-12H2,1H3. The van der Waals surface area contributed by atoms with E-state index in [4.69, 9.17) is 0 Å². The SMILES string of the molecule is CN(C(=O)c1cccc2c1CCNC2)C1CCCCC1. The molecule has 20 heavy (non-hydrogen) atoms. The van der Waals surface area contributed by atoms with Gasteiger partial charge in [-0.15, -0.1) is 0 Å². The summed E-state index contributed by atoms with van der Waals surface area (Å²) in [7, 11) is 1.98. The molecule has 3 heteroatoms. The van der Waals surface area contributed by atoms with Crippen LogP contribution in [-0.4, -0.2) is 30.4 Å². The van der Waals surface area contributed by atoms with Gasteiger partial charge in [0.2, 0.25) is 0 Å². The molecular formula is C17H24N2O. The first-order valence-corrected chi connectivity index (χ1v) is 7.86. The summed E-state index contributed by atoms with van der Waals surface area (Å²) >= 11 is 0. The van der Waals surface area contributed by atoms with E-state index in [2.05, 4.69) is 11.4 Å². The summed E-state index contributed by atoms with van der Waals surface area (Å²) in [6, 6.07) is 6.60. The molecule has 1 aliphatic heterocycles. The van der Waals surface area contributed by atoms with Crippen LogP contribution in [0.2, 0.25) is 0 Å². The molecule has 1 amide bonds. The topological polar surface area (TPSA) is 32.3 Å². The molecule has 1 N–H and O–H groups in total. The van der Waals surface area contributed by atoms with Gasteiger partial charge < -0.3 is 10.2 Å². The summed E-state index contributed by atoms with van der Waals surface area (Å²) in [5, 5.41) is 3.37. The molecule has 2 aliphatic rings. The lowest BCUT2D eigenvalue weighted by Gasteiger charge is -2.32. The fourth-order valence-corrected chi connectivity index (χ4v) is 3.56. The van der Waals surface area contributed by atoms with Crippen LogP contribution in [-0.2, 0) is 13.0 Å². The fraction of sp³-hybridized carbons (Fsp3) is 0.588. The monoisotopic (exact) mass is 272 g/mol. The van der Waals surface area contributed by atoms with E-state index < -0.39 is 0 Å². The lowest BCUT2D eigenvalue weighted by atomic mass is 9.92. The van der Waals surface area contributed by atoms with Crippen LogP contribution in [0.1, 0.15) is 53.6 Å². The van der Waals surface area contributed by atoms with Crippen molar-refractivity contribution in [2.24, 2.45) is 0 Å². The third-order valence-corrected chi connectivity index (χ3v) is 4.81. The normalized spacial score (nSPS) is 19.4. The zero-order valence-corrected chi connectivity index (χ0v) is 12.3. The minimum atomic E-state index is 0.218. The number of amides is 1. The van der Waals surface area contributed by atoms with Gasteiger partial charge in [0.1, 0.15) is 0 Å². The fourth-order valence-electron chi connectivity index (χ4n) is 3.56. The Morgan fingerprint density at radius 1 is 1.25 bits per heavy atom. The molecule has 3 nitrogen and oxygen atoms in total. The number of hydrogen-bond acceptors (Lipinski definition) is 2. The maximum absolute atomic E-state index is 12.8. The molecule has 1 saturated carbocycles. The first-order valence-electron chi connectivity index (χ1n) is 7.86. The third kappa shape index (κ3) is 2.59. The summed E-state index contributed by atoms with van der Waals surface area (Å²) in [5.41, 5.74) is 3.48. The molecule has 0 spiro atoms. The van der Waals surface area contributed by atoms with Gasteiger partial charge in [-0.05, 0) is 43.0 Å². The lowest BCUT2D eigenvalue weighted by molar-refractivity contribution is 0.0695. The average Bonchev–Trinajstić information content (AvgIpc) is 2.54. The highest BCUT2D eigenvalue weighted by Crippen LogP contribution is 2.25. The number of nitrogens with one attached hydrogen (secondary N) is 1. The Bertz CT molecular complexity index is 492. The van der Waals surface area contributed by atoms with Crippen molar-refractivity contribution >= 4 is 5.91 Å². The molecule has 3 rings (SSSR count). The molecule has 0 radical (unpaired) electrons. The van der Waals surface area contributed by atoms with Gasteiger partial charge in [0.05, 0.1) is 0 Å². The third-order valence-electron chi connectivity index (χ3n) is 4.81. The van der Waals surface area contributed by atoms with E-state index in [1.54, 1.807) is 0 Å². The van der Waals surface area contributed by atoms with Crippen LogP contribution < -0.4 is 5.32 Å². The minimum absolute atomic E-state index is 0.218. The smallest absolute Gasteiger partial charge is 0.254 e. The van der Waals surface area contributed by atoms with Crippen molar-refractivity contribution in [1.82, 2.24) is 10.2 Å². The van der Waals surface area contributed by atoms with Crippen molar-refractivity contribution in [2.45, 2.75) is 51.1 Å². The number of hydrogen-bond donors (Lipinski definition) is 1. The van der Waals surface area contributed by atoms with E-state index in [9.17, 15) is 4.79 Å². The van der Waals surface area contributed by atoms with E-state index in [1.807, 2.05) is 24.1 Å². The molecule has 1 aromatic carbocycles. The van der Waals surface area contributed by atoms with Crippen molar-refractivity contribution in [1.29, 1.82) is 0 Å². The van der Waals surface area contributed by atoms with E-state index in [-0.39, 0.29) is 5.91 Å². The second-order valence-corrected chi connectivity index (χ2v) is 6.08. The quantitative estimate of drug-likeness (QED) is 0.898. The molecule has 0 atom stereocenters. The number of carbonyl (C=O) groups is 1. The number of nitrogens with zero attached hydrogens (tertiary/aromatic N) is 1. The van der Waals surface area contributed by atoms with Gasteiger partial charge >= 0.3 is 0 Å². The Hall–Kier alpha value is -1.35. The minimum Gasteiger partial charge on any atom is -0.339 e. The Morgan fingerprint density at radius 3 is 2.85 bits per heavy atom. The highest BCUT2D eigenvalue weighted by atomic mass is 16.2. The molecule has 0 saturated heterocycles. The van der Waals surface area contributed by atoms with Crippen LogP contribution in [0.15, 0.2) is 18.2 Å². The van der Waals surface area contributed by atoms with Crippen LogP contribution in [0.4, 0.5) is 0 Å². The largest absolute Gasteiger partial charge is 0.339 e. The Morgan fingerprint density at radius 2 is 2.05 bits per heavy atom. The van der Waals surface area contributed by atoms with E-state index in [0.717, 1.165) is 25.1 Å². The zero-order valence-electron chi connectivity index (χ0n) is 12.3. The van der Waals surface area contributed by atoms with Gasteiger partial charge in [0, 0.05) is 25.2 Å². The second-order valence-electron chi connectivity index (χ2n) is 6.08. The maximum atomic E-state index is 12.8. The first-order chi connectivity index (χ1) is 9.77. The van der Waals surface area contributed by atoms with E-state index >= 15 is 0 Å². The molecular weight excluding hydrogens is 248 g/mol. The number of benzene rings is 1. The van der Waals surface area contributed by atoms with Gasteiger partial charge in [-0.3, -0.25) is 4.79 Å². The van der Waals surface area contributed by atoms with Crippen molar-refractivity contribution < 1.29 is 4.79 Å². The van der Waals surface area contributed by atoms with Crippen LogP contribution in [0.5, 0.6) is 0 Å². The predicted molar refractivity (Wildman–Crippen MR) is 80.8 cm³/mol. The molecule has 1 aromatic rings. The summed E-state index contributed by atoms with van der Waals surface area (Å²) in [6.45, 7) is 1.87. The molecule has 1 heterocycles. The van der Waals surface area contributed by atoms with E-state index in [1.165, 1.54) is 43.2 Å². The van der Waals surface area contributed by atoms with E-state index in [0.29, 0.717) is 6.04 Å². The molecule has 1 fully saturated rings. The van der Waals surface area contributed by atoms with Crippen molar-refractivity contribution in [3.63, 3.8) is 0 Å². The molecule has 0 aromatic heterocycles. The number of rotatable bonds is 2. The van der Waals surface area contributed by atoms with Crippen molar-refractivity contribution in [2.75, 3.05) is 13.6 Å². The van der Waals surface area contributed by atoms with Gasteiger partial charge in [0.15, 0.2) is 0 Å². The first kappa shape index (κ1) is 13.6. The highest BCUT2D eigenvalue weighted by molar-refractivity contribution is 5.96. The Kier molecular flexibility index (Phi) is 4.06. The van der Waals surface area contributed by atoms with Gasteiger partial charge in [0.25, 0.3) is 5.91 Å². The Labute approximate surface area is 121 Å². The molecule has 108 valence electrons. The van der Waals surface area contributed by atoms with Crippen LogP contribution in [0.25, 0.3) is 0 Å². The average molecular weight is 272 g/mol. The summed E-state index contributed by atoms with van der Waals surface area (Å²) < 4.78 is 0. The van der Waals surface area contributed by atoms with Gasteiger partial charge in [-0.25, -0.2) is 0 Å².